The lowest BCUT2D eigenvalue weighted by molar-refractivity contribution is -0.142. The second-order valence-corrected chi connectivity index (χ2v) is 8.27. The van der Waals surface area contributed by atoms with Crippen LogP contribution in [0.5, 0.6) is 0 Å². The van der Waals surface area contributed by atoms with Crippen LogP contribution in [0, 0.1) is 17.2 Å². The number of benzene rings is 1. The first-order valence-corrected chi connectivity index (χ1v) is 10.9. The molecule has 2 amide bonds. The minimum atomic E-state index is -1.07. The zero-order valence-electron chi connectivity index (χ0n) is 18.2. The van der Waals surface area contributed by atoms with Gasteiger partial charge in [0, 0.05) is 13.0 Å². The summed E-state index contributed by atoms with van der Waals surface area (Å²) in [6.45, 7) is 4.07. The topological polar surface area (TPSA) is 118 Å². The van der Waals surface area contributed by atoms with Crippen LogP contribution in [-0.2, 0) is 30.3 Å². The van der Waals surface area contributed by atoms with E-state index in [1.54, 1.807) is 6.08 Å². The van der Waals surface area contributed by atoms with Gasteiger partial charge in [0.05, 0.1) is 24.5 Å². The first-order valence-electron chi connectivity index (χ1n) is 10.9. The normalized spacial score (nSPS) is 26.9. The Bertz CT molecular complexity index is 978. The molecule has 0 saturated carbocycles. The van der Waals surface area contributed by atoms with Gasteiger partial charge in [-0.1, -0.05) is 49.1 Å². The Morgan fingerprint density at radius 1 is 1.27 bits per heavy atom. The third-order valence-corrected chi connectivity index (χ3v) is 6.10. The van der Waals surface area contributed by atoms with Crippen molar-refractivity contribution in [1.29, 1.82) is 5.41 Å². The molecule has 4 unspecified atom stereocenters. The van der Waals surface area contributed by atoms with Crippen molar-refractivity contribution in [2.45, 2.75) is 31.1 Å². The van der Waals surface area contributed by atoms with Gasteiger partial charge in [-0.15, -0.1) is 0 Å². The number of rotatable bonds is 10. The summed E-state index contributed by atoms with van der Waals surface area (Å²) in [4.78, 5) is 38.3. The van der Waals surface area contributed by atoms with E-state index in [4.69, 9.17) is 19.6 Å². The van der Waals surface area contributed by atoms with E-state index < -0.39 is 17.6 Å². The lowest BCUT2D eigenvalue weighted by atomic mass is 9.77. The van der Waals surface area contributed by atoms with Gasteiger partial charge in [-0.2, -0.15) is 0 Å². The van der Waals surface area contributed by atoms with Crippen LogP contribution in [0.15, 0.2) is 55.1 Å². The summed E-state index contributed by atoms with van der Waals surface area (Å²) in [7, 11) is 0. The zero-order chi connectivity index (χ0) is 23.4. The van der Waals surface area contributed by atoms with Gasteiger partial charge in [-0.3, -0.25) is 19.9 Å². The van der Waals surface area contributed by atoms with Gasteiger partial charge < -0.3 is 19.5 Å². The molecule has 174 valence electrons. The second-order valence-electron chi connectivity index (χ2n) is 8.27. The number of esters is 1. The highest BCUT2D eigenvalue weighted by Crippen LogP contribution is 2.52. The van der Waals surface area contributed by atoms with Crippen LogP contribution in [0.1, 0.15) is 18.4 Å². The number of amidine groups is 1. The molecule has 0 aromatic heterocycles. The summed E-state index contributed by atoms with van der Waals surface area (Å²) in [5.41, 5.74) is -0.134. The van der Waals surface area contributed by atoms with Crippen molar-refractivity contribution in [1.82, 2.24) is 10.2 Å². The Morgan fingerprint density at radius 3 is 2.82 bits per heavy atom. The maximum atomic E-state index is 13.3. The molecule has 9 heteroatoms. The van der Waals surface area contributed by atoms with E-state index in [0.29, 0.717) is 13.0 Å². The number of hydrogen-bond donors (Lipinski definition) is 2. The molecule has 2 saturated heterocycles. The van der Waals surface area contributed by atoms with Gasteiger partial charge in [0.2, 0.25) is 5.91 Å². The third kappa shape index (κ3) is 4.54. The molecule has 0 spiro atoms. The van der Waals surface area contributed by atoms with Crippen molar-refractivity contribution in [3.8, 4) is 0 Å². The number of nitrogens with zero attached hydrogens (tertiary/aromatic N) is 1. The monoisotopic (exact) mass is 453 g/mol. The highest BCUT2D eigenvalue weighted by Gasteiger charge is 2.66. The van der Waals surface area contributed by atoms with Crippen LogP contribution in [0.25, 0.3) is 0 Å². The zero-order valence-corrected chi connectivity index (χ0v) is 18.2. The maximum absolute atomic E-state index is 13.3. The van der Waals surface area contributed by atoms with Gasteiger partial charge >= 0.3 is 12.1 Å². The van der Waals surface area contributed by atoms with E-state index in [9.17, 15) is 14.4 Å². The Kier molecular flexibility index (Phi) is 6.60. The number of carbonyl (C=O) groups is 3. The van der Waals surface area contributed by atoms with Crippen molar-refractivity contribution >= 4 is 23.8 Å². The number of ether oxygens (including phenoxy) is 3. The van der Waals surface area contributed by atoms with E-state index in [2.05, 4.69) is 11.9 Å². The molecule has 4 atom stereocenters. The van der Waals surface area contributed by atoms with E-state index in [1.165, 1.54) is 11.0 Å². The summed E-state index contributed by atoms with van der Waals surface area (Å²) >= 11 is 0. The Labute approximate surface area is 191 Å². The lowest BCUT2D eigenvalue weighted by Gasteiger charge is -2.28. The fourth-order valence-electron chi connectivity index (χ4n) is 4.57. The fraction of sp³-hybridized carbons (Fsp3) is 0.417. The Morgan fingerprint density at radius 2 is 2.06 bits per heavy atom. The number of amides is 2. The maximum Gasteiger partial charge on any atom is 0.407 e. The average Bonchev–Trinajstić information content (AvgIpc) is 3.46. The molecule has 33 heavy (non-hydrogen) atoms. The minimum Gasteiger partial charge on any atom is -0.461 e. The van der Waals surface area contributed by atoms with E-state index in [-0.39, 0.29) is 55.9 Å². The summed E-state index contributed by atoms with van der Waals surface area (Å²) in [5, 5.41) is 11.2. The van der Waals surface area contributed by atoms with Crippen molar-refractivity contribution in [2.24, 2.45) is 11.8 Å². The highest BCUT2D eigenvalue weighted by molar-refractivity contribution is 6.08. The van der Waals surface area contributed by atoms with Crippen LogP contribution in [0.4, 0.5) is 4.79 Å². The molecule has 2 bridgehead atoms. The van der Waals surface area contributed by atoms with Crippen molar-refractivity contribution < 1.29 is 28.6 Å². The molecular weight excluding hydrogens is 426 g/mol. The molecule has 1 aromatic rings. The first-order chi connectivity index (χ1) is 15.9. The molecule has 3 aliphatic heterocycles. The number of likely N-dealkylation sites (tertiary alicyclic amines) is 1. The standard InChI is InChI=1S/C24H27N3O6/c1-2-13-31-18(28)9-6-12-26-23(30)32-15-24-11-10-17(33-24)19-20(24)22(29)27(21(19)25)14-16-7-4-3-5-8-16/h2-5,7-8,10-11,17,19-20,25H,1,6,9,12-15H2,(H,26,30). The molecule has 0 radical (unpaired) electrons. The second kappa shape index (κ2) is 9.58. The predicted octanol–water partition coefficient (Wildman–Crippen LogP) is 2.18. The minimum absolute atomic E-state index is 0.132. The smallest absolute Gasteiger partial charge is 0.407 e. The Balaban J connectivity index is 1.30. The molecule has 1 aromatic carbocycles. The number of hydrogen-bond acceptors (Lipinski definition) is 7. The molecule has 9 nitrogen and oxygen atoms in total. The number of nitrogens with one attached hydrogen (secondary N) is 2. The SMILES string of the molecule is C=CCOC(=O)CCCNC(=O)OCC12C=CC(O1)C1C(=N)N(Cc3ccccc3)C(=O)C12. The number of alkyl carbamates (subject to hydrolysis) is 1. The highest BCUT2D eigenvalue weighted by atomic mass is 16.6. The molecule has 3 heterocycles. The van der Waals surface area contributed by atoms with Gasteiger partial charge in [-0.05, 0) is 18.1 Å². The number of fused-ring (bicyclic) bond motifs is 5. The van der Waals surface area contributed by atoms with Gasteiger partial charge in [0.25, 0.3) is 0 Å². The van der Waals surface area contributed by atoms with Crippen LogP contribution < -0.4 is 5.32 Å². The van der Waals surface area contributed by atoms with Crippen molar-refractivity contribution in [3.63, 3.8) is 0 Å². The lowest BCUT2D eigenvalue weighted by Crippen LogP contribution is -2.45. The van der Waals surface area contributed by atoms with E-state index in [0.717, 1.165) is 5.56 Å². The van der Waals surface area contributed by atoms with Crippen LogP contribution in [-0.4, -0.2) is 60.2 Å². The molecular formula is C24H27N3O6. The van der Waals surface area contributed by atoms with Crippen molar-refractivity contribution in [2.75, 3.05) is 19.8 Å². The van der Waals surface area contributed by atoms with Gasteiger partial charge in [-0.25, -0.2) is 4.79 Å². The Hall–Kier alpha value is -3.46. The molecule has 4 rings (SSSR count). The van der Waals surface area contributed by atoms with Crippen LogP contribution in [0.3, 0.4) is 0 Å². The summed E-state index contributed by atoms with van der Waals surface area (Å²) in [6.07, 6.45) is 4.63. The average molecular weight is 453 g/mol. The van der Waals surface area contributed by atoms with Crippen molar-refractivity contribution in [3.05, 3.63) is 60.7 Å². The quantitative estimate of drug-likeness (QED) is 0.319. The number of carbonyl (C=O) groups excluding carboxylic acids is 3. The molecule has 2 N–H and O–H groups in total. The molecule has 2 fully saturated rings. The molecule has 3 aliphatic rings. The summed E-state index contributed by atoms with van der Waals surface area (Å²) in [6, 6.07) is 9.53. The summed E-state index contributed by atoms with van der Waals surface area (Å²) in [5.74, 6) is -1.31. The van der Waals surface area contributed by atoms with E-state index in [1.807, 2.05) is 36.4 Å². The molecule has 0 aliphatic carbocycles. The third-order valence-electron chi connectivity index (χ3n) is 6.10. The van der Waals surface area contributed by atoms with Gasteiger partial charge in [0.15, 0.2) is 0 Å². The van der Waals surface area contributed by atoms with Crippen LogP contribution >= 0.6 is 0 Å². The first kappa shape index (κ1) is 22.7. The predicted molar refractivity (Wildman–Crippen MR) is 118 cm³/mol. The van der Waals surface area contributed by atoms with Gasteiger partial charge in [0.1, 0.15) is 24.7 Å². The largest absolute Gasteiger partial charge is 0.461 e. The van der Waals surface area contributed by atoms with E-state index >= 15 is 0 Å². The fourth-order valence-corrected chi connectivity index (χ4v) is 4.57. The van der Waals surface area contributed by atoms with Crippen LogP contribution in [0.2, 0.25) is 0 Å². The summed E-state index contributed by atoms with van der Waals surface area (Å²) < 4.78 is 16.3.